The Kier molecular flexibility index (Phi) is 5.63. The first-order valence-corrected chi connectivity index (χ1v) is 10.0. The number of benzene rings is 1. The van der Waals surface area contributed by atoms with Crippen LogP contribution in [0, 0.1) is 6.92 Å². The molecule has 1 aliphatic heterocycles. The fourth-order valence-corrected chi connectivity index (χ4v) is 3.62. The Bertz CT molecular complexity index is 1140. The largest absolute Gasteiger partial charge is 0.507 e. The molecule has 1 saturated heterocycles. The summed E-state index contributed by atoms with van der Waals surface area (Å²) in [5.74, 6) is 1.94. The number of nitrogens with zero attached hydrogens (tertiary/aromatic N) is 5. The molecule has 2 N–H and O–H groups in total. The molecule has 30 heavy (non-hydrogen) atoms. The number of aromatic hydroxyl groups is 1. The number of hydrogen-bond donors (Lipinski definition) is 2. The van der Waals surface area contributed by atoms with Crippen LogP contribution >= 0.6 is 0 Å². The smallest absolute Gasteiger partial charge is 0.125 e. The van der Waals surface area contributed by atoms with E-state index in [1.54, 1.807) is 12.1 Å². The van der Waals surface area contributed by atoms with Crippen LogP contribution < -0.4 is 5.32 Å². The number of nitrogens with one attached hydrogen (secondary N) is 1. The highest BCUT2D eigenvalue weighted by molar-refractivity contribution is 6.10. The minimum absolute atomic E-state index is 0.144. The molecule has 0 bridgehead atoms. The molecule has 4 rings (SSSR count). The van der Waals surface area contributed by atoms with E-state index in [2.05, 4.69) is 38.0 Å². The van der Waals surface area contributed by atoms with Gasteiger partial charge >= 0.3 is 0 Å². The van der Waals surface area contributed by atoms with Gasteiger partial charge in [-0.05, 0) is 55.3 Å². The molecule has 154 valence electrons. The third-order valence-electron chi connectivity index (χ3n) is 5.39. The molecule has 0 spiro atoms. The quantitative estimate of drug-likeness (QED) is 0.399. The number of phenols is 1. The van der Waals surface area contributed by atoms with Crippen molar-refractivity contribution in [3.63, 3.8) is 0 Å². The van der Waals surface area contributed by atoms with Crippen LogP contribution in [0.3, 0.4) is 0 Å². The molecule has 2 aromatic heterocycles. The lowest BCUT2D eigenvalue weighted by Gasteiger charge is -2.28. The van der Waals surface area contributed by atoms with Gasteiger partial charge in [0.2, 0.25) is 0 Å². The Labute approximate surface area is 176 Å². The average molecular weight is 403 g/mol. The van der Waals surface area contributed by atoms with Gasteiger partial charge in [-0.15, -0.1) is 10.2 Å². The molecule has 0 unspecified atom stereocenters. The zero-order valence-corrected chi connectivity index (χ0v) is 17.3. The normalized spacial score (nSPS) is 15.6. The molecule has 1 aliphatic rings. The second-order valence-corrected chi connectivity index (χ2v) is 7.32. The van der Waals surface area contributed by atoms with E-state index in [9.17, 15) is 5.11 Å². The highest BCUT2D eigenvalue weighted by atomic mass is 16.3. The summed E-state index contributed by atoms with van der Waals surface area (Å²) in [6.45, 7) is 11.5. The lowest BCUT2D eigenvalue weighted by atomic mass is 10.0. The maximum atomic E-state index is 10.7. The van der Waals surface area contributed by atoms with Crippen molar-refractivity contribution in [2.75, 3.05) is 26.2 Å². The van der Waals surface area contributed by atoms with E-state index in [0.717, 1.165) is 54.5 Å². The highest BCUT2D eigenvalue weighted by Crippen LogP contribution is 2.28. The zero-order valence-electron chi connectivity index (χ0n) is 17.3. The van der Waals surface area contributed by atoms with Crippen molar-refractivity contribution in [3.8, 4) is 16.9 Å². The molecule has 0 aliphatic carbocycles. The molecule has 0 amide bonds. The summed E-state index contributed by atoms with van der Waals surface area (Å²) in [6, 6.07) is 9.64. The van der Waals surface area contributed by atoms with Crippen LogP contribution in [-0.4, -0.2) is 57.1 Å². The number of allylic oxidation sites excluding steroid dienone is 1. The summed E-state index contributed by atoms with van der Waals surface area (Å²) in [6.07, 6.45) is 5.45. The van der Waals surface area contributed by atoms with E-state index in [-0.39, 0.29) is 5.75 Å². The summed E-state index contributed by atoms with van der Waals surface area (Å²) < 4.78 is 2.03. The zero-order chi connectivity index (χ0) is 21.1. The summed E-state index contributed by atoms with van der Waals surface area (Å²) in [5.41, 5.74) is 4.08. The van der Waals surface area contributed by atoms with Gasteiger partial charge in [0.15, 0.2) is 0 Å². The van der Waals surface area contributed by atoms with Gasteiger partial charge in [0.1, 0.15) is 17.4 Å². The monoisotopic (exact) mass is 402 g/mol. The number of phenolic OH excluding ortho intramolecular Hbond substituents is 1. The molecule has 1 aromatic carbocycles. The lowest BCUT2D eigenvalue weighted by molar-refractivity contribution is 0.355. The number of hydrogen-bond acceptors (Lipinski definition) is 5. The highest BCUT2D eigenvalue weighted by Gasteiger charge is 2.12. The third kappa shape index (κ3) is 3.97. The topological polar surface area (TPSA) is 77.5 Å². The summed E-state index contributed by atoms with van der Waals surface area (Å²) in [4.78, 5) is 6.52. The van der Waals surface area contributed by atoms with Gasteiger partial charge in [-0.3, -0.25) is 0 Å². The molecule has 0 atom stereocenters. The van der Waals surface area contributed by atoms with E-state index >= 15 is 0 Å². The second kappa shape index (κ2) is 8.51. The maximum Gasteiger partial charge on any atom is 0.125 e. The van der Waals surface area contributed by atoms with Crippen LogP contribution in [0.15, 0.2) is 65.6 Å². The van der Waals surface area contributed by atoms with Gasteiger partial charge in [-0.2, -0.15) is 0 Å². The number of amidine groups is 1. The minimum Gasteiger partial charge on any atom is -0.507 e. The maximum absolute atomic E-state index is 10.7. The molecular weight excluding hydrogens is 376 g/mol. The number of pyridine rings is 1. The molecule has 3 heterocycles. The standard InChI is InChI=1S/C23H26N6O/c1-4-22(27-26-17(3)28-11-8-24-9-12-28)21-6-5-18(14-23(21)30)19-7-10-29-16(2)25-15-20(29)13-19/h4-7,10,13-15,24,30H,1,8-9,11-12H2,2-3H3/b26-17+,27-22+. The number of imidazole rings is 1. The van der Waals surface area contributed by atoms with Crippen LogP contribution in [0.5, 0.6) is 5.75 Å². The van der Waals surface area contributed by atoms with Crippen molar-refractivity contribution >= 4 is 17.1 Å². The second-order valence-electron chi connectivity index (χ2n) is 7.32. The lowest BCUT2D eigenvalue weighted by Crippen LogP contribution is -2.45. The predicted octanol–water partition coefficient (Wildman–Crippen LogP) is 3.23. The van der Waals surface area contributed by atoms with Crippen LogP contribution in [-0.2, 0) is 0 Å². The van der Waals surface area contributed by atoms with Gasteiger partial charge in [-0.25, -0.2) is 4.98 Å². The molecule has 7 nitrogen and oxygen atoms in total. The number of aromatic nitrogens is 2. The van der Waals surface area contributed by atoms with Gasteiger partial charge in [-0.1, -0.05) is 12.6 Å². The Hall–Kier alpha value is -3.45. The predicted molar refractivity (Wildman–Crippen MR) is 121 cm³/mol. The van der Waals surface area contributed by atoms with E-state index < -0.39 is 0 Å². The van der Waals surface area contributed by atoms with Crippen molar-refractivity contribution in [3.05, 3.63) is 66.8 Å². The van der Waals surface area contributed by atoms with Crippen LogP contribution in [0.2, 0.25) is 0 Å². The van der Waals surface area contributed by atoms with Crippen molar-refractivity contribution in [1.82, 2.24) is 19.6 Å². The number of rotatable bonds is 4. The van der Waals surface area contributed by atoms with Crippen molar-refractivity contribution in [1.29, 1.82) is 0 Å². The first-order valence-electron chi connectivity index (χ1n) is 10.0. The molecule has 1 fully saturated rings. The Morgan fingerprint density at radius 3 is 2.67 bits per heavy atom. The first-order chi connectivity index (χ1) is 14.6. The number of piperazine rings is 1. The van der Waals surface area contributed by atoms with Gasteiger partial charge < -0.3 is 19.7 Å². The Morgan fingerprint density at radius 1 is 1.17 bits per heavy atom. The van der Waals surface area contributed by atoms with E-state index in [0.29, 0.717) is 11.3 Å². The molecule has 0 radical (unpaired) electrons. The van der Waals surface area contributed by atoms with Gasteiger partial charge in [0.25, 0.3) is 0 Å². The molecule has 3 aromatic rings. The van der Waals surface area contributed by atoms with E-state index in [1.165, 1.54) is 0 Å². The minimum atomic E-state index is 0.144. The van der Waals surface area contributed by atoms with E-state index in [4.69, 9.17) is 0 Å². The van der Waals surface area contributed by atoms with Crippen molar-refractivity contribution in [2.24, 2.45) is 10.2 Å². The number of aryl methyl sites for hydroxylation is 1. The third-order valence-corrected chi connectivity index (χ3v) is 5.39. The van der Waals surface area contributed by atoms with E-state index in [1.807, 2.05) is 48.8 Å². The van der Waals surface area contributed by atoms with Gasteiger partial charge in [0, 0.05) is 37.9 Å². The summed E-state index contributed by atoms with van der Waals surface area (Å²) in [5, 5.41) is 22.7. The summed E-state index contributed by atoms with van der Waals surface area (Å²) >= 11 is 0. The van der Waals surface area contributed by atoms with Crippen LogP contribution in [0.1, 0.15) is 18.3 Å². The average Bonchev–Trinajstić information content (AvgIpc) is 3.15. The van der Waals surface area contributed by atoms with Crippen LogP contribution in [0.4, 0.5) is 0 Å². The van der Waals surface area contributed by atoms with Crippen LogP contribution in [0.25, 0.3) is 16.6 Å². The number of fused-ring (bicyclic) bond motifs is 1. The SMILES string of the molecule is C=C/C(=N\N=C(/C)N1CCNCC1)c1ccc(-c2ccn3c(C)ncc3c2)cc1O. The fraction of sp³-hybridized carbons (Fsp3) is 0.261. The molecular formula is C23H26N6O. The summed E-state index contributed by atoms with van der Waals surface area (Å²) in [7, 11) is 0. The Balaban J connectivity index is 1.61. The fourth-order valence-electron chi connectivity index (χ4n) is 3.62. The van der Waals surface area contributed by atoms with Crippen molar-refractivity contribution in [2.45, 2.75) is 13.8 Å². The molecule has 0 saturated carbocycles. The van der Waals surface area contributed by atoms with Crippen molar-refractivity contribution < 1.29 is 5.11 Å². The molecule has 7 heteroatoms. The Morgan fingerprint density at radius 2 is 1.93 bits per heavy atom. The van der Waals surface area contributed by atoms with Gasteiger partial charge in [0.05, 0.1) is 17.4 Å². The first kappa shape index (κ1) is 19.8.